The summed E-state index contributed by atoms with van der Waals surface area (Å²) in [6.45, 7) is 5.28. The summed E-state index contributed by atoms with van der Waals surface area (Å²) in [6.07, 6.45) is 0.787. The number of aryl methyl sites for hydroxylation is 1. The highest BCUT2D eigenvalue weighted by molar-refractivity contribution is 8.18. The van der Waals surface area contributed by atoms with Crippen LogP contribution in [0.5, 0.6) is 0 Å². The summed E-state index contributed by atoms with van der Waals surface area (Å²) < 4.78 is 0. The molecule has 0 aliphatic carbocycles. The number of carbonyl (C=O) groups excluding carboxylic acids is 3. The van der Waals surface area contributed by atoms with Gasteiger partial charge in [0.2, 0.25) is 5.91 Å². The molecule has 0 unspecified atom stereocenters. The minimum atomic E-state index is -0.403. The number of thioether (sulfide) groups is 1. The molecule has 0 spiro atoms. The number of amides is 3. The number of hydrogen-bond donors (Lipinski definition) is 1. The van der Waals surface area contributed by atoms with Crippen LogP contribution in [-0.4, -0.2) is 28.5 Å². The van der Waals surface area contributed by atoms with Crippen LogP contribution in [0.3, 0.4) is 0 Å². The van der Waals surface area contributed by atoms with Crippen molar-refractivity contribution in [3.63, 3.8) is 0 Å². The molecule has 1 saturated heterocycles. The molecule has 1 aromatic carbocycles. The average molecular weight is 318 g/mol. The normalized spacial score (nSPS) is 14.5. The minimum absolute atomic E-state index is 0.264. The number of allylic oxidation sites excluding steroid dienone is 1. The van der Waals surface area contributed by atoms with E-state index in [-0.39, 0.29) is 12.5 Å². The highest BCUT2D eigenvalue weighted by Gasteiger charge is 2.36. The van der Waals surface area contributed by atoms with Crippen molar-refractivity contribution in [1.29, 1.82) is 0 Å². The van der Waals surface area contributed by atoms with Crippen molar-refractivity contribution in [2.45, 2.75) is 27.2 Å². The molecule has 1 heterocycles. The van der Waals surface area contributed by atoms with Crippen LogP contribution in [0, 0.1) is 0 Å². The molecule has 1 aromatic rings. The molecule has 116 valence electrons. The van der Waals surface area contributed by atoms with Crippen LogP contribution < -0.4 is 5.32 Å². The number of nitrogens with zero attached hydrogens (tertiary/aromatic N) is 1. The van der Waals surface area contributed by atoms with Gasteiger partial charge >= 0.3 is 0 Å². The number of anilines is 1. The monoisotopic (exact) mass is 318 g/mol. The third kappa shape index (κ3) is 3.39. The molecule has 1 aliphatic heterocycles. The number of para-hydroxylation sites is 1. The number of carbonyl (C=O) groups is 3. The van der Waals surface area contributed by atoms with Crippen LogP contribution in [0.25, 0.3) is 0 Å². The van der Waals surface area contributed by atoms with Crippen molar-refractivity contribution in [2.75, 3.05) is 11.9 Å². The molecule has 2 rings (SSSR count). The van der Waals surface area contributed by atoms with Crippen molar-refractivity contribution in [3.8, 4) is 0 Å². The first-order chi connectivity index (χ1) is 10.4. The molecule has 1 fully saturated rings. The van der Waals surface area contributed by atoms with Gasteiger partial charge in [0.05, 0.1) is 4.91 Å². The second-order valence-electron chi connectivity index (χ2n) is 5.15. The standard InChI is InChI=1S/C16H18N2O3S/c1-4-11-7-5-6-8-12(11)17-13(19)9-18-15(20)14(10(2)3)22-16(18)21/h5-8H,4,9H2,1-3H3,(H,17,19). The van der Waals surface area contributed by atoms with E-state index in [1.165, 1.54) is 0 Å². The summed E-state index contributed by atoms with van der Waals surface area (Å²) in [4.78, 5) is 37.5. The highest BCUT2D eigenvalue weighted by Crippen LogP contribution is 2.32. The molecule has 5 nitrogen and oxygen atoms in total. The van der Waals surface area contributed by atoms with Crippen LogP contribution in [0.4, 0.5) is 10.5 Å². The van der Waals surface area contributed by atoms with E-state index in [2.05, 4.69) is 5.32 Å². The van der Waals surface area contributed by atoms with Crippen molar-refractivity contribution >= 4 is 34.5 Å². The fourth-order valence-corrected chi connectivity index (χ4v) is 2.96. The number of hydrogen-bond acceptors (Lipinski definition) is 4. The number of benzene rings is 1. The summed E-state index contributed by atoms with van der Waals surface area (Å²) in [7, 11) is 0. The predicted molar refractivity (Wildman–Crippen MR) is 87.5 cm³/mol. The fourth-order valence-electron chi connectivity index (χ4n) is 2.13. The van der Waals surface area contributed by atoms with Crippen LogP contribution in [0.2, 0.25) is 0 Å². The Bertz CT molecular complexity index is 663. The second-order valence-corrected chi connectivity index (χ2v) is 6.11. The maximum absolute atomic E-state index is 12.1. The van der Waals surface area contributed by atoms with Gasteiger partial charge in [0.15, 0.2) is 0 Å². The van der Waals surface area contributed by atoms with E-state index >= 15 is 0 Å². The summed E-state index contributed by atoms with van der Waals surface area (Å²) in [5.41, 5.74) is 2.50. The molecule has 6 heteroatoms. The Labute approximate surface area is 133 Å². The van der Waals surface area contributed by atoms with Gasteiger partial charge in [-0.1, -0.05) is 30.7 Å². The molecular formula is C16H18N2O3S. The van der Waals surface area contributed by atoms with E-state index in [0.717, 1.165) is 34.2 Å². The Morgan fingerprint density at radius 1 is 1.23 bits per heavy atom. The number of imide groups is 1. The first-order valence-electron chi connectivity index (χ1n) is 7.03. The van der Waals surface area contributed by atoms with Crippen molar-refractivity contribution < 1.29 is 14.4 Å². The topological polar surface area (TPSA) is 66.5 Å². The van der Waals surface area contributed by atoms with Crippen LogP contribution >= 0.6 is 11.8 Å². The van der Waals surface area contributed by atoms with Crippen molar-refractivity contribution in [1.82, 2.24) is 4.90 Å². The highest BCUT2D eigenvalue weighted by atomic mass is 32.2. The Hall–Kier alpha value is -2.08. The van der Waals surface area contributed by atoms with Gasteiger partial charge in [0.25, 0.3) is 11.1 Å². The van der Waals surface area contributed by atoms with Gasteiger partial charge < -0.3 is 5.32 Å². The van der Waals surface area contributed by atoms with Gasteiger partial charge in [-0.3, -0.25) is 19.3 Å². The molecule has 1 aliphatic rings. The van der Waals surface area contributed by atoms with E-state index in [0.29, 0.717) is 10.6 Å². The predicted octanol–water partition coefficient (Wildman–Crippen LogP) is 3.18. The van der Waals surface area contributed by atoms with E-state index in [4.69, 9.17) is 0 Å². The SMILES string of the molecule is CCc1ccccc1NC(=O)CN1C(=O)SC(=C(C)C)C1=O. The van der Waals surface area contributed by atoms with E-state index < -0.39 is 11.1 Å². The lowest BCUT2D eigenvalue weighted by Gasteiger charge is -2.14. The summed E-state index contributed by atoms with van der Waals surface area (Å²) >= 11 is 0.883. The Kier molecular flexibility index (Phi) is 5.03. The van der Waals surface area contributed by atoms with Crippen LogP contribution in [0.15, 0.2) is 34.7 Å². The first kappa shape index (κ1) is 16.3. The summed E-state index contributed by atoms with van der Waals surface area (Å²) in [5.74, 6) is -0.771. The lowest BCUT2D eigenvalue weighted by atomic mass is 10.1. The van der Waals surface area contributed by atoms with E-state index in [9.17, 15) is 14.4 Å². The molecule has 0 radical (unpaired) electrons. The maximum atomic E-state index is 12.1. The lowest BCUT2D eigenvalue weighted by molar-refractivity contribution is -0.127. The molecule has 0 bridgehead atoms. The quantitative estimate of drug-likeness (QED) is 0.866. The third-order valence-electron chi connectivity index (χ3n) is 3.28. The zero-order chi connectivity index (χ0) is 16.3. The first-order valence-corrected chi connectivity index (χ1v) is 7.84. The molecule has 0 atom stereocenters. The Morgan fingerprint density at radius 2 is 1.91 bits per heavy atom. The lowest BCUT2D eigenvalue weighted by Crippen LogP contribution is -2.36. The van der Waals surface area contributed by atoms with Crippen LogP contribution in [0.1, 0.15) is 26.3 Å². The second kappa shape index (κ2) is 6.79. The smallest absolute Gasteiger partial charge is 0.294 e. The average Bonchev–Trinajstić information content (AvgIpc) is 2.76. The van der Waals surface area contributed by atoms with Gasteiger partial charge in [-0.15, -0.1) is 0 Å². The molecule has 3 amide bonds. The zero-order valence-electron chi connectivity index (χ0n) is 12.8. The largest absolute Gasteiger partial charge is 0.324 e. The maximum Gasteiger partial charge on any atom is 0.294 e. The van der Waals surface area contributed by atoms with Crippen molar-refractivity contribution in [3.05, 3.63) is 40.3 Å². The molecule has 0 saturated carbocycles. The van der Waals surface area contributed by atoms with Gasteiger partial charge in [-0.25, -0.2) is 0 Å². The van der Waals surface area contributed by atoms with Gasteiger partial charge in [0.1, 0.15) is 6.54 Å². The number of rotatable bonds is 4. The van der Waals surface area contributed by atoms with Crippen LogP contribution in [-0.2, 0) is 16.0 Å². The molecular weight excluding hydrogens is 300 g/mol. The summed E-state index contributed by atoms with van der Waals surface area (Å²) in [6, 6.07) is 7.47. The van der Waals surface area contributed by atoms with E-state index in [1.807, 2.05) is 25.1 Å². The van der Waals surface area contributed by atoms with Crippen molar-refractivity contribution in [2.24, 2.45) is 0 Å². The molecule has 1 N–H and O–H groups in total. The summed E-state index contributed by atoms with van der Waals surface area (Å²) in [5, 5.41) is 2.36. The van der Waals surface area contributed by atoms with E-state index in [1.54, 1.807) is 19.9 Å². The molecule has 22 heavy (non-hydrogen) atoms. The zero-order valence-corrected chi connectivity index (χ0v) is 13.6. The Balaban J connectivity index is 2.08. The van der Waals surface area contributed by atoms with Gasteiger partial charge in [0, 0.05) is 5.69 Å². The number of nitrogens with one attached hydrogen (secondary N) is 1. The van der Waals surface area contributed by atoms with Gasteiger partial charge in [-0.05, 0) is 43.7 Å². The Morgan fingerprint density at radius 3 is 2.50 bits per heavy atom. The fraction of sp³-hybridized carbons (Fsp3) is 0.312. The third-order valence-corrected chi connectivity index (χ3v) is 4.46. The minimum Gasteiger partial charge on any atom is -0.324 e. The van der Waals surface area contributed by atoms with Gasteiger partial charge in [-0.2, -0.15) is 0 Å². The molecule has 0 aromatic heterocycles.